The van der Waals surface area contributed by atoms with Gasteiger partial charge in [0.25, 0.3) is 0 Å². The molecule has 9 heteroatoms. The number of halogens is 3. The Morgan fingerprint density at radius 1 is 1.26 bits per heavy atom. The summed E-state index contributed by atoms with van der Waals surface area (Å²) in [6.45, 7) is 0.695. The molecule has 1 unspecified atom stereocenters. The van der Waals surface area contributed by atoms with Crippen LogP contribution in [0.3, 0.4) is 0 Å². The summed E-state index contributed by atoms with van der Waals surface area (Å²) < 4.78 is 39.1. The average Bonchev–Trinajstić information content (AvgIpc) is 3.10. The molecule has 3 rings (SSSR count). The molecule has 0 saturated heterocycles. The van der Waals surface area contributed by atoms with Gasteiger partial charge in [0.05, 0.1) is 24.5 Å². The Bertz CT molecular complexity index is 629. The van der Waals surface area contributed by atoms with Crippen LogP contribution in [0.25, 0.3) is 0 Å². The van der Waals surface area contributed by atoms with Crippen LogP contribution >= 0.6 is 0 Å². The van der Waals surface area contributed by atoms with Crippen molar-refractivity contribution >= 4 is 5.82 Å². The maximum Gasteiger partial charge on any atom is 0.434 e. The highest BCUT2D eigenvalue weighted by atomic mass is 19.4. The average molecular weight is 327 g/mol. The van der Waals surface area contributed by atoms with Gasteiger partial charge in [-0.05, 0) is 24.8 Å². The zero-order chi connectivity index (χ0) is 16.4. The molecule has 0 radical (unpaired) electrons. The minimum absolute atomic E-state index is 0.224. The van der Waals surface area contributed by atoms with Crippen LogP contribution in [0, 0.1) is 5.92 Å². The van der Waals surface area contributed by atoms with E-state index in [-0.39, 0.29) is 17.8 Å². The molecule has 0 bridgehead atoms. The Kier molecular flexibility index (Phi) is 4.20. The van der Waals surface area contributed by atoms with E-state index >= 15 is 0 Å². The molecule has 0 amide bonds. The van der Waals surface area contributed by atoms with Crippen LogP contribution in [0.5, 0.6) is 0 Å². The smallest absolute Gasteiger partial charge is 0.391 e. The SMILES string of the molecule is O[C@@H]1CC(Cn2cccn2)C[C@H]1Nc1cnc(C(F)(F)F)cn1. The first-order valence-corrected chi connectivity index (χ1v) is 7.23. The molecule has 0 aromatic carbocycles. The monoisotopic (exact) mass is 327 g/mol. The molecule has 1 aliphatic rings. The summed E-state index contributed by atoms with van der Waals surface area (Å²) in [5.41, 5.74) is -1.04. The highest BCUT2D eigenvalue weighted by Gasteiger charge is 2.35. The number of alkyl halides is 3. The molecule has 23 heavy (non-hydrogen) atoms. The summed E-state index contributed by atoms with van der Waals surface area (Å²) >= 11 is 0. The number of nitrogens with zero attached hydrogens (tertiary/aromatic N) is 4. The quantitative estimate of drug-likeness (QED) is 0.898. The van der Waals surface area contributed by atoms with E-state index in [2.05, 4.69) is 20.4 Å². The second kappa shape index (κ2) is 6.15. The lowest BCUT2D eigenvalue weighted by molar-refractivity contribution is -0.141. The van der Waals surface area contributed by atoms with Crippen molar-refractivity contribution in [3.05, 3.63) is 36.5 Å². The Hall–Kier alpha value is -2.16. The molecule has 3 atom stereocenters. The molecule has 1 aliphatic carbocycles. The van der Waals surface area contributed by atoms with E-state index in [0.717, 1.165) is 6.20 Å². The Balaban J connectivity index is 1.59. The van der Waals surface area contributed by atoms with Gasteiger partial charge in [0.1, 0.15) is 5.82 Å². The zero-order valence-corrected chi connectivity index (χ0v) is 12.1. The molecule has 0 spiro atoms. The third-order valence-electron chi connectivity index (χ3n) is 3.91. The minimum atomic E-state index is -4.51. The first kappa shape index (κ1) is 15.7. The Morgan fingerprint density at radius 2 is 2.09 bits per heavy atom. The van der Waals surface area contributed by atoms with Crippen LogP contribution < -0.4 is 5.32 Å². The van der Waals surface area contributed by atoms with E-state index in [4.69, 9.17) is 0 Å². The van der Waals surface area contributed by atoms with Crippen molar-refractivity contribution in [1.29, 1.82) is 0 Å². The lowest BCUT2D eigenvalue weighted by atomic mass is 10.1. The minimum Gasteiger partial charge on any atom is -0.391 e. The van der Waals surface area contributed by atoms with Crippen LogP contribution in [-0.4, -0.2) is 37.0 Å². The van der Waals surface area contributed by atoms with E-state index in [0.29, 0.717) is 25.6 Å². The second-order valence-corrected chi connectivity index (χ2v) is 5.67. The van der Waals surface area contributed by atoms with E-state index in [9.17, 15) is 18.3 Å². The number of hydrogen-bond acceptors (Lipinski definition) is 5. The largest absolute Gasteiger partial charge is 0.434 e. The van der Waals surface area contributed by atoms with E-state index in [1.165, 1.54) is 0 Å². The zero-order valence-electron chi connectivity index (χ0n) is 12.1. The summed E-state index contributed by atoms with van der Waals surface area (Å²) in [7, 11) is 0. The number of aliphatic hydroxyl groups excluding tert-OH is 1. The van der Waals surface area contributed by atoms with Crippen LogP contribution in [0.15, 0.2) is 30.9 Å². The maximum absolute atomic E-state index is 12.4. The fraction of sp³-hybridized carbons (Fsp3) is 0.500. The van der Waals surface area contributed by atoms with Crippen LogP contribution in [-0.2, 0) is 12.7 Å². The molecule has 124 valence electrons. The molecule has 2 heterocycles. The highest BCUT2D eigenvalue weighted by molar-refractivity contribution is 5.33. The van der Waals surface area contributed by atoms with Gasteiger partial charge in [-0.2, -0.15) is 18.3 Å². The van der Waals surface area contributed by atoms with Gasteiger partial charge in [0.2, 0.25) is 0 Å². The van der Waals surface area contributed by atoms with Gasteiger partial charge in [-0.1, -0.05) is 0 Å². The predicted molar refractivity (Wildman–Crippen MR) is 75.4 cm³/mol. The molecule has 2 aromatic rings. The van der Waals surface area contributed by atoms with E-state index < -0.39 is 18.0 Å². The third kappa shape index (κ3) is 3.79. The number of hydrogen-bond donors (Lipinski definition) is 2. The summed E-state index contributed by atoms with van der Waals surface area (Å²) in [4.78, 5) is 7.07. The van der Waals surface area contributed by atoms with Gasteiger partial charge in [0.15, 0.2) is 5.69 Å². The second-order valence-electron chi connectivity index (χ2n) is 5.67. The highest BCUT2D eigenvalue weighted by Crippen LogP contribution is 2.30. The molecule has 2 N–H and O–H groups in total. The summed E-state index contributed by atoms with van der Waals surface area (Å²) in [6.07, 6.45) is 1.47. The first-order valence-electron chi connectivity index (χ1n) is 7.23. The first-order chi connectivity index (χ1) is 10.9. The Morgan fingerprint density at radius 3 is 2.70 bits per heavy atom. The van der Waals surface area contributed by atoms with Crippen molar-refractivity contribution in [1.82, 2.24) is 19.7 Å². The van der Waals surface area contributed by atoms with Gasteiger partial charge < -0.3 is 10.4 Å². The van der Waals surface area contributed by atoms with Gasteiger partial charge in [-0.15, -0.1) is 0 Å². The number of anilines is 1. The topological polar surface area (TPSA) is 75.9 Å². The van der Waals surface area contributed by atoms with E-state index in [1.54, 1.807) is 10.9 Å². The van der Waals surface area contributed by atoms with Gasteiger partial charge in [-0.25, -0.2) is 9.97 Å². The molecule has 0 aliphatic heterocycles. The third-order valence-corrected chi connectivity index (χ3v) is 3.91. The van der Waals surface area contributed by atoms with Crippen molar-refractivity contribution < 1.29 is 18.3 Å². The fourth-order valence-corrected chi connectivity index (χ4v) is 2.83. The van der Waals surface area contributed by atoms with Crippen LogP contribution in [0.4, 0.5) is 19.0 Å². The lowest BCUT2D eigenvalue weighted by Crippen LogP contribution is -2.28. The summed E-state index contributed by atoms with van der Waals surface area (Å²) in [5, 5.41) is 17.2. The number of aromatic nitrogens is 4. The van der Waals surface area contributed by atoms with Crippen molar-refractivity contribution in [2.24, 2.45) is 5.92 Å². The molecule has 1 saturated carbocycles. The molecule has 1 fully saturated rings. The number of aliphatic hydroxyl groups is 1. The van der Waals surface area contributed by atoms with Crippen LogP contribution in [0.1, 0.15) is 18.5 Å². The number of nitrogens with one attached hydrogen (secondary N) is 1. The van der Waals surface area contributed by atoms with Crippen LogP contribution in [0.2, 0.25) is 0 Å². The molecule has 6 nitrogen and oxygen atoms in total. The van der Waals surface area contributed by atoms with E-state index in [1.807, 2.05) is 12.3 Å². The Labute approximate surface area is 130 Å². The predicted octanol–water partition coefficient (Wildman–Crippen LogP) is 1.94. The van der Waals surface area contributed by atoms with Gasteiger partial charge in [-0.3, -0.25) is 4.68 Å². The maximum atomic E-state index is 12.4. The fourth-order valence-electron chi connectivity index (χ4n) is 2.83. The summed E-state index contributed by atoms with van der Waals surface area (Å²) in [5.74, 6) is 0.464. The van der Waals surface area contributed by atoms with Crippen molar-refractivity contribution in [2.45, 2.75) is 37.7 Å². The number of rotatable bonds is 4. The van der Waals surface area contributed by atoms with Crippen molar-refractivity contribution in [3.63, 3.8) is 0 Å². The van der Waals surface area contributed by atoms with Gasteiger partial charge in [0, 0.05) is 18.9 Å². The standard InChI is InChI=1S/C14H16F3N5O/c15-14(16,17)12-6-19-13(7-18-12)21-10-4-9(5-11(10)23)8-22-3-1-2-20-22/h1-3,6-7,9-11,23H,4-5,8H2,(H,19,21)/t9?,10-,11-/m1/s1. The molecule has 2 aromatic heterocycles. The van der Waals surface area contributed by atoms with Crippen molar-refractivity contribution in [2.75, 3.05) is 5.32 Å². The summed E-state index contributed by atoms with van der Waals surface area (Å²) in [6, 6.07) is 1.57. The molecular formula is C14H16F3N5O. The van der Waals surface area contributed by atoms with Gasteiger partial charge >= 0.3 is 6.18 Å². The molecular weight excluding hydrogens is 311 g/mol. The normalized spacial score (nSPS) is 24.8. The lowest BCUT2D eigenvalue weighted by Gasteiger charge is -2.17. The van der Waals surface area contributed by atoms with Crippen molar-refractivity contribution in [3.8, 4) is 0 Å².